The van der Waals surface area contributed by atoms with Crippen LogP contribution in [-0.2, 0) is 0 Å². The Hall–Kier alpha value is -0.0400. The third kappa shape index (κ3) is 3.96. The summed E-state index contributed by atoms with van der Waals surface area (Å²) >= 11 is 0. The van der Waals surface area contributed by atoms with Gasteiger partial charge in [0.05, 0.1) is 7.05 Å². The zero-order valence-corrected chi connectivity index (χ0v) is 4.12. The van der Waals surface area contributed by atoms with E-state index < -0.39 is 0 Å². The first-order valence-corrected chi connectivity index (χ1v) is 2.31. The van der Waals surface area contributed by atoms with Gasteiger partial charge >= 0.3 is 0 Å². The Morgan fingerprint density at radius 1 is 1.67 bits per heavy atom. The molecule has 0 fully saturated rings. The Kier molecular flexibility index (Phi) is 4.93. The van der Waals surface area contributed by atoms with Crippen LogP contribution >= 0.6 is 0 Å². The molecule has 1 nitrogen and oxygen atoms in total. The highest BCUT2D eigenvalue weighted by Crippen LogP contribution is 1.79. The lowest BCUT2D eigenvalue weighted by atomic mass is 10.3. The van der Waals surface area contributed by atoms with Gasteiger partial charge < -0.3 is 5.32 Å². The average Bonchev–Trinajstić information content (AvgIpc) is 1.61. The van der Waals surface area contributed by atoms with Gasteiger partial charge in [-0.3, -0.25) is 0 Å². The zero-order valence-electron chi connectivity index (χ0n) is 4.12. The summed E-state index contributed by atoms with van der Waals surface area (Å²) in [6.45, 7) is 2.94. The van der Waals surface area contributed by atoms with Crippen LogP contribution in [0.3, 0.4) is 0 Å². The monoisotopic (exact) mass is 84.1 g/mol. The molecule has 0 saturated heterocycles. The fraction of sp³-hybridized carbons (Fsp3) is 0.800. The fourth-order valence-corrected chi connectivity index (χ4v) is 0.265. The van der Waals surface area contributed by atoms with Crippen molar-refractivity contribution in [2.24, 2.45) is 0 Å². The van der Waals surface area contributed by atoms with Crippen molar-refractivity contribution in [3.63, 3.8) is 0 Å². The minimum Gasteiger partial charge on any atom is -0.306 e. The molecule has 0 aliphatic carbocycles. The van der Waals surface area contributed by atoms with Crippen molar-refractivity contribution < 1.29 is 0 Å². The van der Waals surface area contributed by atoms with E-state index in [4.69, 9.17) is 7.05 Å². The van der Waals surface area contributed by atoms with E-state index in [1.165, 1.54) is 6.42 Å². The third-order valence-electron chi connectivity index (χ3n) is 0.655. The Balaban J connectivity index is 2.34. The summed E-state index contributed by atoms with van der Waals surface area (Å²) in [5.41, 5.74) is 0. The van der Waals surface area contributed by atoms with Gasteiger partial charge in [-0.15, -0.1) is 0 Å². The second kappa shape index (κ2) is 4.96. The van der Waals surface area contributed by atoms with Gasteiger partial charge in [0.25, 0.3) is 0 Å². The number of rotatable bonds is 3. The smallest absolute Gasteiger partial charge is 0.0851 e. The van der Waals surface area contributed by atoms with Gasteiger partial charge in [0.15, 0.2) is 0 Å². The first-order valence-electron chi connectivity index (χ1n) is 2.31. The Bertz CT molecular complexity index is 15.9. The predicted octanol–water partition coefficient (Wildman–Crippen LogP) is 0.922. The second-order valence-corrected chi connectivity index (χ2v) is 1.28. The molecule has 0 aliphatic heterocycles. The van der Waals surface area contributed by atoms with E-state index in [2.05, 4.69) is 12.2 Å². The summed E-state index contributed by atoms with van der Waals surface area (Å²) in [6, 6.07) is 0. The molecule has 1 N–H and O–H groups in total. The quantitative estimate of drug-likeness (QED) is 0.501. The lowest BCUT2D eigenvalue weighted by Crippen LogP contribution is -2.02. The largest absolute Gasteiger partial charge is 0.306 e. The van der Waals surface area contributed by atoms with Crippen LogP contribution in [0.1, 0.15) is 19.8 Å². The molecule has 0 aliphatic rings. The maximum atomic E-state index is 6.46. The van der Waals surface area contributed by atoms with E-state index >= 15 is 0 Å². The van der Waals surface area contributed by atoms with Gasteiger partial charge in [-0.2, -0.15) is 0 Å². The Labute approximate surface area is 39.7 Å². The summed E-state index contributed by atoms with van der Waals surface area (Å²) in [6.07, 6.45) is 2.29. The highest BCUT2D eigenvalue weighted by molar-refractivity contribution is 4.39. The number of hydrogen-bond donors (Lipinski definition) is 1. The molecule has 0 atom stereocenters. The van der Waals surface area contributed by atoms with E-state index in [1.54, 1.807) is 0 Å². The summed E-state index contributed by atoms with van der Waals surface area (Å²) in [5, 5.41) is 2.32. The lowest BCUT2D eigenvalue weighted by molar-refractivity contribution is 0.733. The lowest BCUT2D eigenvalue weighted by Gasteiger charge is -1.88. The standard InChI is InChI=1S/C5H10N/c1-3-4-5-6-2/h6H,3-5H2,1H3. The molecule has 0 saturated carbocycles. The summed E-state index contributed by atoms with van der Waals surface area (Å²) in [7, 11) is 6.46. The molecule has 0 heterocycles. The van der Waals surface area contributed by atoms with Crippen LogP contribution in [0.4, 0.5) is 0 Å². The Morgan fingerprint density at radius 3 is 2.50 bits per heavy atom. The molecular formula is C5H10N. The molecule has 6 heavy (non-hydrogen) atoms. The van der Waals surface area contributed by atoms with Gasteiger partial charge in [0, 0.05) is 0 Å². The summed E-state index contributed by atoms with van der Waals surface area (Å²) < 4.78 is 0. The minimum atomic E-state index is 0.830. The molecular weight excluding hydrogens is 74.1 g/mol. The van der Waals surface area contributed by atoms with Crippen molar-refractivity contribution in [2.75, 3.05) is 6.54 Å². The average molecular weight is 84.1 g/mol. The Morgan fingerprint density at radius 2 is 2.33 bits per heavy atom. The van der Waals surface area contributed by atoms with Gasteiger partial charge in [0.1, 0.15) is 0 Å². The van der Waals surface area contributed by atoms with Crippen molar-refractivity contribution in [3.8, 4) is 0 Å². The van der Waals surface area contributed by atoms with E-state index in [1.807, 2.05) is 0 Å². The van der Waals surface area contributed by atoms with Crippen molar-refractivity contribution in [2.45, 2.75) is 19.8 Å². The van der Waals surface area contributed by atoms with Crippen molar-refractivity contribution in [3.05, 3.63) is 7.05 Å². The molecule has 0 aromatic rings. The van der Waals surface area contributed by atoms with Crippen LogP contribution in [0, 0.1) is 7.05 Å². The molecule has 0 amide bonds. The van der Waals surface area contributed by atoms with Crippen molar-refractivity contribution >= 4 is 0 Å². The third-order valence-corrected chi connectivity index (χ3v) is 0.655. The maximum absolute atomic E-state index is 6.46. The number of nitrogens with one attached hydrogen (secondary N) is 1. The van der Waals surface area contributed by atoms with Gasteiger partial charge in [-0.05, 0) is 13.0 Å². The second-order valence-electron chi connectivity index (χ2n) is 1.28. The highest BCUT2D eigenvalue weighted by atomic mass is 14.8. The molecule has 0 spiro atoms. The predicted molar refractivity (Wildman–Crippen MR) is 26.2 cm³/mol. The van der Waals surface area contributed by atoms with Crippen LogP contribution in [0.5, 0.6) is 0 Å². The van der Waals surface area contributed by atoms with Crippen LogP contribution < -0.4 is 5.32 Å². The first-order chi connectivity index (χ1) is 2.91. The van der Waals surface area contributed by atoms with Gasteiger partial charge in [-0.1, -0.05) is 13.3 Å². The van der Waals surface area contributed by atoms with E-state index in [0.717, 1.165) is 13.0 Å². The van der Waals surface area contributed by atoms with Crippen LogP contribution in [0.25, 0.3) is 0 Å². The van der Waals surface area contributed by atoms with Crippen molar-refractivity contribution in [1.29, 1.82) is 0 Å². The van der Waals surface area contributed by atoms with Gasteiger partial charge in [0.2, 0.25) is 0 Å². The molecule has 0 aromatic carbocycles. The summed E-state index contributed by atoms with van der Waals surface area (Å²) in [5.74, 6) is 0. The van der Waals surface area contributed by atoms with Crippen LogP contribution in [-0.4, -0.2) is 6.54 Å². The number of hydrogen-bond acceptors (Lipinski definition) is 1. The van der Waals surface area contributed by atoms with Crippen LogP contribution in [0.15, 0.2) is 0 Å². The molecule has 0 aromatic heterocycles. The molecule has 35 valence electrons. The first kappa shape index (κ1) is 5.96. The van der Waals surface area contributed by atoms with Crippen LogP contribution in [0.2, 0.25) is 0 Å². The van der Waals surface area contributed by atoms with Gasteiger partial charge in [-0.25, -0.2) is 0 Å². The SMILES string of the molecule is [C]NCCCC. The van der Waals surface area contributed by atoms with E-state index in [0.29, 0.717) is 0 Å². The molecule has 1 heteroatoms. The van der Waals surface area contributed by atoms with Crippen molar-refractivity contribution in [1.82, 2.24) is 5.32 Å². The molecule has 3 radical (unpaired) electrons. The molecule has 0 rings (SSSR count). The number of unbranched alkanes of at least 4 members (excludes halogenated alkanes) is 1. The zero-order chi connectivity index (χ0) is 4.83. The molecule has 0 bridgehead atoms. The molecule has 0 unspecified atom stereocenters. The summed E-state index contributed by atoms with van der Waals surface area (Å²) in [4.78, 5) is 0. The normalized spacial score (nSPS) is 9.00. The maximum Gasteiger partial charge on any atom is 0.0851 e. The highest BCUT2D eigenvalue weighted by Gasteiger charge is 1.74. The van der Waals surface area contributed by atoms with E-state index in [9.17, 15) is 0 Å². The topological polar surface area (TPSA) is 12.0 Å². The minimum absolute atomic E-state index is 0.830. The van der Waals surface area contributed by atoms with E-state index in [-0.39, 0.29) is 0 Å². The fourth-order valence-electron chi connectivity index (χ4n) is 0.265.